The maximum Gasteiger partial charge on any atom is 0.139 e. The Morgan fingerprint density at radius 2 is 0.652 bits per heavy atom. The van der Waals surface area contributed by atoms with E-state index in [-0.39, 0.29) is 5.41 Å². The van der Waals surface area contributed by atoms with Crippen LogP contribution in [-0.4, -0.2) is 0 Å². The normalized spacial score (nSPS) is 13.3. The van der Waals surface area contributed by atoms with Gasteiger partial charge in [0.05, 0.1) is 0 Å². The molecule has 46 heavy (non-hydrogen) atoms. The van der Waals surface area contributed by atoms with Crippen LogP contribution in [0.3, 0.4) is 0 Å². The van der Waals surface area contributed by atoms with E-state index in [2.05, 4.69) is 175 Å². The van der Waals surface area contributed by atoms with Gasteiger partial charge in [0.2, 0.25) is 0 Å². The summed E-state index contributed by atoms with van der Waals surface area (Å²) in [5.74, 6) is 2.05. The minimum absolute atomic E-state index is 0.244. The number of rotatable bonds is 6. The SMILES string of the molecule is Cc1ccccc1P(c1ccccc1C)c1cccc2c1Oc1c(P(c3ccccc3C)c3ccccc3C)cccc1C2(C)C. The summed E-state index contributed by atoms with van der Waals surface area (Å²) >= 11 is 0. The summed E-state index contributed by atoms with van der Waals surface area (Å²) in [6.45, 7) is 13.7. The number of hydrogen-bond acceptors (Lipinski definition) is 1. The van der Waals surface area contributed by atoms with Crippen LogP contribution >= 0.6 is 15.8 Å². The second-order valence-electron chi connectivity index (χ2n) is 12.9. The third kappa shape index (κ3) is 5.21. The van der Waals surface area contributed by atoms with Gasteiger partial charge in [0.1, 0.15) is 11.5 Å². The fourth-order valence-electron chi connectivity index (χ4n) is 6.88. The Bertz CT molecular complexity index is 1840. The van der Waals surface area contributed by atoms with Gasteiger partial charge in [-0.1, -0.05) is 147 Å². The zero-order valence-electron chi connectivity index (χ0n) is 27.5. The second-order valence-corrected chi connectivity index (χ2v) is 17.1. The molecule has 7 rings (SSSR count). The lowest BCUT2D eigenvalue weighted by Gasteiger charge is -2.39. The highest BCUT2D eigenvalue weighted by Gasteiger charge is 2.39. The Morgan fingerprint density at radius 3 is 0.957 bits per heavy atom. The number of ether oxygens (including phenoxy) is 1. The Morgan fingerprint density at radius 1 is 0.370 bits per heavy atom. The van der Waals surface area contributed by atoms with Crippen molar-refractivity contribution in [2.75, 3.05) is 0 Å². The molecule has 0 unspecified atom stereocenters. The molecule has 6 aromatic carbocycles. The van der Waals surface area contributed by atoms with Crippen LogP contribution in [0.5, 0.6) is 11.5 Å². The maximum absolute atomic E-state index is 7.42. The van der Waals surface area contributed by atoms with E-state index in [1.807, 2.05) is 0 Å². The summed E-state index contributed by atoms with van der Waals surface area (Å²) in [5, 5.41) is 8.07. The van der Waals surface area contributed by atoms with Gasteiger partial charge >= 0.3 is 0 Å². The van der Waals surface area contributed by atoms with Gasteiger partial charge in [-0.25, -0.2) is 0 Å². The smallest absolute Gasteiger partial charge is 0.139 e. The minimum Gasteiger partial charge on any atom is -0.455 e. The van der Waals surface area contributed by atoms with Gasteiger partial charge in [-0.2, -0.15) is 0 Å². The van der Waals surface area contributed by atoms with Crippen LogP contribution in [0, 0.1) is 27.7 Å². The third-order valence-electron chi connectivity index (χ3n) is 9.45. The van der Waals surface area contributed by atoms with E-state index in [1.165, 1.54) is 65.2 Å². The molecule has 0 fully saturated rings. The molecule has 228 valence electrons. The molecule has 6 aromatic rings. The fourth-order valence-corrected chi connectivity index (χ4v) is 12.3. The van der Waals surface area contributed by atoms with Crippen LogP contribution in [0.1, 0.15) is 47.2 Å². The van der Waals surface area contributed by atoms with Crippen LogP contribution in [0.15, 0.2) is 133 Å². The Hall–Kier alpha value is -4.02. The molecule has 1 aliphatic heterocycles. The van der Waals surface area contributed by atoms with Gasteiger partial charge in [-0.3, -0.25) is 0 Å². The molecule has 1 aliphatic rings. The fraction of sp³-hybridized carbons (Fsp3) is 0.163. The molecular formula is C43H40OP2. The summed E-state index contributed by atoms with van der Waals surface area (Å²) in [5.41, 5.74) is 7.51. The lowest BCUT2D eigenvalue weighted by Crippen LogP contribution is -2.33. The Labute approximate surface area is 276 Å². The lowest BCUT2D eigenvalue weighted by molar-refractivity contribution is 0.425. The topological polar surface area (TPSA) is 9.23 Å². The first-order valence-corrected chi connectivity index (χ1v) is 18.7. The molecule has 1 heterocycles. The maximum atomic E-state index is 7.42. The standard InChI is InChI=1S/C43H40OP2/c1-29-17-7-11-23-35(29)45(36-24-12-8-18-30(36)2)39-27-15-21-33-41(39)44-42-34(43(33,5)6)22-16-28-40(42)46(37-25-13-9-19-31(37)3)38-26-14-10-20-32(38)4/h7-28H,1-6H3. The highest BCUT2D eigenvalue weighted by molar-refractivity contribution is 7.80. The van der Waals surface area contributed by atoms with Gasteiger partial charge in [0.25, 0.3) is 0 Å². The number of para-hydroxylation sites is 2. The van der Waals surface area contributed by atoms with Crippen LogP contribution in [0.2, 0.25) is 0 Å². The number of fused-ring (bicyclic) bond motifs is 2. The molecule has 0 atom stereocenters. The van der Waals surface area contributed by atoms with Crippen LogP contribution in [-0.2, 0) is 5.41 Å². The molecule has 0 saturated carbocycles. The predicted octanol–water partition coefficient (Wildman–Crippen LogP) is 8.87. The summed E-state index contributed by atoms with van der Waals surface area (Å²) in [4.78, 5) is 0. The van der Waals surface area contributed by atoms with E-state index >= 15 is 0 Å². The van der Waals surface area contributed by atoms with E-state index in [4.69, 9.17) is 4.74 Å². The van der Waals surface area contributed by atoms with Crippen molar-refractivity contribution in [1.29, 1.82) is 0 Å². The first-order valence-electron chi connectivity index (χ1n) is 16.0. The summed E-state index contributed by atoms with van der Waals surface area (Å²) in [6, 6.07) is 49.2. The summed E-state index contributed by atoms with van der Waals surface area (Å²) < 4.78 is 7.42. The van der Waals surface area contributed by atoms with Crippen LogP contribution in [0.25, 0.3) is 0 Å². The molecule has 1 nitrogen and oxygen atoms in total. The van der Waals surface area contributed by atoms with Crippen molar-refractivity contribution in [2.45, 2.75) is 47.0 Å². The highest BCUT2D eigenvalue weighted by atomic mass is 31.1. The molecule has 0 radical (unpaired) electrons. The van der Waals surface area contributed by atoms with E-state index in [1.54, 1.807) is 0 Å². The average molecular weight is 635 g/mol. The van der Waals surface area contributed by atoms with Crippen LogP contribution in [0.4, 0.5) is 0 Å². The van der Waals surface area contributed by atoms with Gasteiger partial charge in [-0.15, -0.1) is 0 Å². The predicted molar refractivity (Wildman–Crippen MR) is 201 cm³/mol. The third-order valence-corrected chi connectivity index (χ3v) is 15.0. The Kier molecular flexibility index (Phi) is 8.19. The van der Waals surface area contributed by atoms with E-state index in [0.717, 1.165) is 11.5 Å². The molecule has 0 spiro atoms. The van der Waals surface area contributed by atoms with Crippen LogP contribution < -0.4 is 36.6 Å². The summed E-state index contributed by atoms with van der Waals surface area (Å²) in [7, 11) is -1.75. The van der Waals surface area contributed by atoms with Gasteiger partial charge < -0.3 is 4.74 Å². The zero-order valence-corrected chi connectivity index (χ0v) is 29.3. The largest absolute Gasteiger partial charge is 0.455 e. The zero-order chi connectivity index (χ0) is 32.0. The average Bonchev–Trinajstić information content (AvgIpc) is 3.05. The molecule has 0 N–H and O–H groups in total. The molecule has 0 aromatic heterocycles. The quantitative estimate of drug-likeness (QED) is 0.166. The van der Waals surface area contributed by atoms with Crippen molar-refractivity contribution < 1.29 is 4.74 Å². The van der Waals surface area contributed by atoms with Gasteiger partial charge in [0.15, 0.2) is 0 Å². The Balaban J connectivity index is 1.49. The second kappa shape index (κ2) is 12.3. The van der Waals surface area contributed by atoms with Crippen molar-refractivity contribution in [3.05, 3.63) is 167 Å². The molecule has 0 bridgehead atoms. The summed E-state index contributed by atoms with van der Waals surface area (Å²) in [6.07, 6.45) is 0. The monoisotopic (exact) mass is 634 g/mol. The molecular weight excluding hydrogens is 594 g/mol. The molecule has 0 aliphatic carbocycles. The van der Waals surface area contributed by atoms with Gasteiger partial charge in [0, 0.05) is 27.2 Å². The first kappa shape index (κ1) is 30.6. The number of benzene rings is 6. The van der Waals surface area contributed by atoms with Crippen molar-refractivity contribution in [3.63, 3.8) is 0 Å². The lowest BCUT2D eigenvalue weighted by atomic mass is 9.76. The van der Waals surface area contributed by atoms with Crippen molar-refractivity contribution in [1.82, 2.24) is 0 Å². The number of aryl methyl sites for hydroxylation is 4. The van der Waals surface area contributed by atoms with Crippen molar-refractivity contribution in [2.24, 2.45) is 0 Å². The minimum atomic E-state index is -0.876. The first-order chi connectivity index (χ1) is 22.3. The van der Waals surface area contributed by atoms with E-state index in [0.29, 0.717) is 0 Å². The molecule has 0 saturated heterocycles. The number of hydrogen-bond donors (Lipinski definition) is 0. The highest BCUT2D eigenvalue weighted by Crippen LogP contribution is 2.52. The van der Waals surface area contributed by atoms with Crippen molar-refractivity contribution >= 4 is 47.7 Å². The van der Waals surface area contributed by atoms with E-state index in [9.17, 15) is 0 Å². The van der Waals surface area contributed by atoms with Gasteiger partial charge in [-0.05, 0) is 87.0 Å². The molecule has 0 amide bonds. The molecule has 3 heteroatoms. The van der Waals surface area contributed by atoms with E-state index < -0.39 is 15.8 Å². The van der Waals surface area contributed by atoms with Crippen molar-refractivity contribution in [3.8, 4) is 11.5 Å².